The third-order valence-corrected chi connectivity index (χ3v) is 5.75. The van der Waals surface area contributed by atoms with Crippen LogP contribution in [0.15, 0.2) is 29.6 Å². The van der Waals surface area contributed by atoms with E-state index in [0.717, 1.165) is 12.5 Å². The van der Waals surface area contributed by atoms with Gasteiger partial charge in [0, 0.05) is 16.8 Å². The lowest BCUT2D eigenvalue weighted by atomic mass is 9.78. The molecule has 114 valence electrons. The smallest absolute Gasteiger partial charge is 0.0345 e. The molecule has 1 aromatic heterocycles. The first kappa shape index (κ1) is 15.1. The monoisotopic (exact) mass is 301 g/mol. The van der Waals surface area contributed by atoms with Crippen molar-refractivity contribution in [2.45, 2.75) is 52.5 Å². The first-order chi connectivity index (χ1) is 9.87. The second-order valence-electron chi connectivity index (χ2n) is 7.97. The van der Waals surface area contributed by atoms with Crippen molar-refractivity contribution >= 4 is 21.4 Å². The Labute approximate surface area is 132 Å². The van der Waals surface area contributed by atoms with E-state index < -0.39 is 0 Å². The minimum atomic E-state index is 0.201. The molecule has 2 heteroatoms. The summed E-state index contributed by atoms with van der Waals surface area (Å²) in [4.78, 5) is 0. The van der Waals surface area contributed by atoms with Crippen LogP contribution in [-0.4, -0.2) is 12.1 Å². The SMILES string of the molecule is CC(C)(C)NCC(C)(Cc1csc2ccccc12)C1CC1. The zero-order valence-electron chi connectivity index (χ0n) is 13.7. The van der Waals surface area contributed by atoms with Gasteiger partial charge >= 0.3 is 0 Å². The minimum absolute atomic E-state index is 0.201. The summed E-state index contributed by atoms with van der Waals surface area (Å²) < 4.78 is 1.43. The van der Waals surface area contributed by atoms with Crippen LogP contribution in [0, 0.1) is 11.3 Å². The van der Waals surface area contributed by atoms with Crippen molar-refractivity contribution in [3.8, 4) is 0 Å². The Morgan fingerprint density at radius 2 is 1.86 bits per heavy atom. The van der Waals surface area contributed by atoms with E-state index in [1.165, 1.54) is 29.3 Å². The minimum Gasteiger partial charge on any atom is -0.312 e. The van der Waals surface area contributed by atoms with Gasteiger partial charge in [0.05, 0.1) is 0 Å². The fourth-order valence-electron chi connectivity index (χ4n) is 3.20. The van der Waals surface area contributed by atoms with Crippen molar-refractivity contribution < 1.29 is 0 Å². The van der Waals surface area contributed by atoms with Crippen LogP contribution in [0.3, 0.4) is 0 Å². The molecule has 0 aliphatic heterocycles. The number of hydrogen-bond acceptors (Lipinski definition) is 2. The summed E-state index contributed by atoms with van der Waals surface area (Å²) in [5.74, 6) is 0.894. The Bertz CT molecular complexity index is 618. The third kappa shape index (κ3) is 3.49. The first-order valence-electron chi connectivity index (χ1n) is 8.08. The predicted molar refractivity (Wildman–Crippen MR) is 94.1 cm³/mol. The van der Waals surface area contributed by atoms with Gasteiger partial charge in [-0.1, -0.05) is 25.1 Å². The summed E-state index contributed by atoms with van der Waals surface area (Å²) in [6.45, 7) is 10.4. The molecule has 1 nitrogen and oxygen atoms in total. The van der Waals surface area contributed by atoms with E-state index in [4.69, 9.17) is 0 Å². The highest BCUT2D eigenvalue weighted by atomic mass is 32.1. The highest BCUT2D eigenvalue weighted by molar-refractivity contribution is 7.17. The second-order valence-corrected chi connectivity index (χ2v) is 8.88. The van der Waals surface area contributed by atoms with E-state index in [0.29, 0.717) is 5.41 Å². The molecule has 0 saturated heterocycles. The number of fused-ring (bicyclic) bond motifs is 1. The van der Waals surface area contributed by atoms with Crippen molar-refractivity contribution in [1.29, 1.82) is 0 Å². The Morgan fingerprint density at radius 1 is 1.14 bits per heavy atom. The molecule has 1 aromatic carbocycles. The molecule has 3 rings (SSSR count). The maximum absolute atomic E-state index is 3.75. The third-order valence-electron chi connectivity index (χ3n) is 4.74. The van der Waals surface area contributed by atoms with Crippen LogP contribution in [0.1, 0.15) is 46.1 Å². The molecule has 2 aromatic rings. The molecule has 1 heterocycles. The van der Waals surface area contributed by atoms with Gasteiger partial charge in [-0.25, -0.2) is 0 Å². The van der Waals surface area contributed by atoms with Crippen LogP contribution in [0.2, 0.25) is 0 Å². The van der Waals surface area contributed by atoms with Crippen molar-refractivity contribution in [3.63, 3.8) is 0 Å². The largest absolute Gasteiger partial charge is 0.312 e. The van der Waals surface area contributed by atoms with Gasteiger partial charge in [-0.15, -0.1) is 11.3 Å². The number of thiophene rings is 1. The number of rotatable bonds is 5. The molecule has 0 amide bonds. The molecule has 1 fully saturated rings. The molecule has 1 aliphatic rings. The van der Waals surface area contributed by atoms with E-state index >= 15 is 0 Å². The average molecular weight is 301 g/mol. The normalized spacial score (nSPS) is 18.9. The van der Waals surface area contributed by atoms with Gasteiger partial charge < -0.3 is 5.32 Å². The van der Waals surface area contributed by atoms with Crippen molar-refractivity contribution in [3.05, 3.63) is 35.2 Å². The van der Waals surface area contributed by atoms with Crippen molar-refractivity contribution in [1.82, 2.24) is 5.32 Å². The molecule has 0 bridgehead atoms. The van der Waals surface area contributed by atoms with E-state index in [2.05, 4.69) is 62.7 Å². The Hall–Kier alpha value is -0.860. The van der Waals surface area contributed by atoms with Gasteiger partial charge in [0.15, 0.2) is 0 Å². The fraction of sp³-hybridized carbons (Fsp3) is 0.579. The molecule has 1 atom stereocenters. The topological polar surface area (TPSA) is 12.0 Å². The van der Waals surface area contributed by atoms with Crippen LogP contribution in [-0.2, 0) is 6.42 Å². The highest BCUT2D eigenvalue weighted by Gasteiger charge is 2.42. The van der Waals surface area contributed by atoms with Gasteiger partial charge in [0.25, 0.3) is 0 Å². The van der Waals surface area contributed by atoms with Gasteiger partial charge in [0.1, 0.15) is 0 Å². The lowest BCUT2D eigenvalue weighted by molar-refractivity contribution is 0.228. The Balaban J connectivity index is 1.81. The van der Waals surface area contributed by atoms with Gasteiger partial charge in [-0.3, -0.25) is 0 Å². The van der Waals surface area contributed by atoms with Gasteiger partial charge in [-0.05, 0) is 73.8 Å². The molecule has 21 heavy (non-hydrogen) atoms. The maximum Gasteiger partial charge on any atom is 0.0345 e. The molecule has 1 unspecified atom stereocenters. The Morgan fingerprint density at radius 3 is 2.52 bits per heavy atom. The maximum atomic E-state index is 3.75. The molecular formula is C19H27NS. The first-order valence-corrected chi connectivity index (χ1v) is 8.95. The van der Waals surface area contributed by atoms with E-state index in [1.54, 1.807) is 5.56 Å². The number of benzene rings is 1. The second kappa shape index (κ2) is 5.40. The fourth-order valence-corrected chi connectivity index (χ4v) is 4.17. The molecule has 1 aliphatic carbocycles. The Kier molecular flexibility index (Phi) is 3.87. The highest BCUT2D eigenvalue weighted by Crippen LogP contribution is 2.48. The molecular weight excluding hydrogens is 274 g/mol. The van der Waals surface area contributed by atoms with Gasteiger partial charge in [0.2, 0.25) is 0 Å². The van der Waals surface area contributed by atoms with E-state index in [-0.39, 0.29) is 5.54 Å². The lowest BCUT2D eigenvalue weighted by Gasteiger charge is -2.34. The number of nitrogens with one attached hydrogen (secondary N) is 1. The summed E-state index contributed by atoms with van der Waals surface area (Å²) in [7, 11) is 0. The van der Waals surface area contributed by atoms with Crippen LogP contribution in [0.5, 0.6) is 0 Å². The van der Waals surface area contributed by atoms with E-state index in [9.17, 15) is 0 Å². The standard InChI is InChI=1S/C19H27NS/c1-18(2,3)20-13-19(4,15-9-10-15)11-14-12-21-17-8-6-5-7-16(14)17/h5-8,12,15,20H,9-11,13H2,1-4H3. The predicted octanol–water partition coefficient (Wildman–Crippen LogP) is 5.25. The molecule has 0 spiro atoms. The summed E-state index contributed by atoms with van der Waals surface area (Å²) in [6, 6.07) is 8.83. The zero-order chi connectivity index (χ0) is 15.1. The average Bonchev–Trinajstić information content (AvgIpc) is 3.21. The van der Waals surface area contributed by atoms with Crippen LogP contribution in [0.4, 0.5) is 0 Å². The summed E-state index contributed by atoms with van der Waals surface area (Å²) in [5, 5.41) is 7.59. The molecule has 1 N–H and O–H groups in total. The molecule has 1 saturated carbocycles. The van der Waals surface area contributed by atoms with Crippen molar-refractivity contribution in [2.75, 3.05) is 6.54 Å². The van der Waals surface area contributed by atoms with Crippen LogP contribution < -0.4 is 5.32 Å². The lowest BCUT2D eigenvalue weighted by Crippen LogP contribution is -2.44. The molecule has 0 radical (unpaired) electrons. The van der Waals surface area contributed by atoms with Crippen molar-refractivity contribution in [2.24, 2.45) is 11.3 Å². The summed E-state index contributed by atoms with van der Waals surface area (Å²) >= 11 is 1.89. The quantitative estimate of drug-likeness (QED) is 0.795. The zero-order valence-corrected chi connectivity index (χ0v) is 14.5. The summed E-state index contributed by atoms with van der Waals surface area (Å²) in [6.07, 6.45) is 4.01. The summed E-state index contributed by atoms with van der Waals surface area (Å²) in [5.41, 5.74) is 2.13. The van der Waals surface area contributed by atoms with Crippen LogP contribution >= 0.6 is 11.3 Å². The van der Waals surface area contributed by atoms with Crippen LogP contribution in [0.25, 0.3) is 10.1 Å². The van der Waals surface area contributed by atoms with E-state index in [1.807, 2.05) is 11.3 Å². The van der Waals surface area contributed by atoms with Gasteiger partial charge in [-0.2, -0.15) is 0 Å². The number of hydrogen-bond donors (Lipinski definition) is 1.